The van der Waals surface area contributed by atoms with Crippen molar-refractivity contribution in [3.63, 3.8) is 0 Å². The third-order valence-electron chi connectivity index (χ3n) is 5.49. The molecule has 0 unspecified atom stereocenters. The molecule has 1 aromatic heterocycles. The van der Waals surface area contributed by atoms with E-state index in [2.05, 4.69) is 44.9 Å². The van der Waals surface area contributed by atoms with Crippen LogP contribution in [-0.2, 0) is 9.16 Å². The van der Waals surface area contributed by atoms with Gasteiger partial charge in [-0.25, -0.2) is 14.7 Å². The second kappa shape index (κ2) is 10.8. The normalized spacial score (nSPS) is 12.1. The van der Waals surface area contributed by atoms with Gasteiger partial charge in [0.25, 0.3) is 0 Å². The van der Waals surface area contributed by atoms with Crippen LogP contribution in [0.4, 0.5) is 16.3 Å². The van der Waals surface area contributed by atoms with E-state index in [1.165, 1.54) is 11.1 Å². The van der Waals surface area contributed by atoms with Crippen molar-refractivity contribution in [1.29, 1.82) is 5.26 Å². The van der Waals surface area contributed by atoms with Crippen LogP contribution < -0.4 is 9.64 Å². The molecule has 2 rings (SSSR count). The molecule has 0 atom stereocenters. The zero-order valence-corrected chi connectivity index (χ0v) is 23.0. The Balaban J connectivity index is 2.36. The highest BCUT2D eigenvalue weighted by molar-refractivity contribution is 6.74. The lowest BCUT2D eigenvalue weighted by molar-refractivity contribution is 0.0598. The second-order valence-corrected chi connectivity index (χ2v) is 15.6. The zero-order chi connectivity index (χ0) is 25.7. The fraction of sp³-hybridized carbons (Fsp3) is 0.480. The number of hydrogen-bond acceptors (Lipinski definition) is 6. The molecule has 184 valence electrons. The topological polar surface area (TPSA) is 84.7 Å². The fourth-order valence-corrected chi connectivity index (χ4v) is 3.86. The molecule has 0 spiro atoms. The molecular weight excluding hydrogens is 470 g/mol. The number of amides is 1. The van der Waals surface area contributed by atoms with Crippen LogP contribution >= 0.6 is 11.6 Å². The predicted octanol–water partition coefficient (Wildman–Crippen LogP) is 7.08. The van der Waals surface area contributed by atoms with Crippen molar-refractivity contribution in [2.75, 3.05) is 18.1 Å². The molecule has 2 aromatic rings. The molecule has 0 radical (unpaired) electrons. The third kappa shape index (κ3) is 7.20. The Hall–Kier alpha value is -2.60. The summed E-state index contributed by atoms with van der Waals surface area (Å²) in [5.41, 5.74) is -0.166. The van der Waals surface area contributed by atoms with Crippen LogP contribution in [0.5, 0.6) is 5.75 Å². The van der Waals surface area contributed by atoms with E-state index in [1.54, 1.807) is 51.1 Å². The van der Waals surface area contributed by atoms with Crippen LogP contribution in [0.3, 0.4) is 0 Å². The van der Waals surface area contributed by atoms with E-state index in [0.717, 1.165) is 0 Å². The number of hydrogen-bond donors (Lipinski definition) is 0. The van der Waals surface area contributed by atoms with Crippen molar-refractivity contribution >= 4 is 37.5 Å². The lowest BCUT2D eigenvalue weighted by atomic mass is 10.2. The highest BCUT2D eigenvalue weighted by Crippen LogP contribution is 2.37. The van der Waals surface area contributed by atoms with Gasteiger partial charge in [-0.05, 0) is 63.2 Å². The number of rotatable bonds is 7. The number of carbonyl (C=O) groups excluding carboxylic acids is 1. The summed E-state index contributed by atoms with van der Waals surface area (Å²) in [5.74, 6) is 0.427. The summed E-state index contributed by atoms with van der Waals surface area (Å²) in [5, 5.41) is 10.6. The second-order valence-electron chi connectivity index (χ2n) is 10.4. The number of benzene rings is 1. The minimum atomic E-state index is -1.92. The maximum atomic E-state index is 13.2. The summed E-state index contributed by atoms with van der Waals surface area (Å²) in [6.07, 6.45) is 0.824. The smallest absolute Gasteiger partial charge is 0.420 e. The average Bonchev–Trinajstić information content (AvgIpc) is 2.71. The van der Waals surface area contributed by atoms with Gasteiger partial charge in [-0.2, -0.15) is 5.26 Å². The molecule has 7 nitrogen and oxygen atoms in total. The highest BCUT2D eigenvalue weighted by Gasteiger charge is 2.37. The summed E-state index contributed by atoms with van der Waals surface area (Å²) >= 11 is 6.03. The number of nitrogens with zero attached hydrogens (tertiary/aromatic N) is 3. The molecule has 34 heavy (non-hydrogen) atoms. The number of halogens is 1. The number of nitriles is 1. The number of carbonyl (C=O) groups is 1. The Morgan fingerprint density at radius 3 is 2.24 bits per heavy atom. The van der Waals surface area contributed by atoms with Gasteiger partial charge in [0.05, 0.1) is 12.3 Å². The van der Waals surface area contributed by atoms with Gasteiger partial charge < -0.3 is 13.9 Å². The molecule has 1 heterocycles. The SMILES string of the molecule is CC(C)(C)OC(=O)N(c1ccc(Cl)cc1)c1nccc(OCCO[Si](C)(C)C(C)(C)C)c1C#N. The molecule has 0 bridgehead atoms. The molecule has 1 amide bonds. The van der Waals surface area contributed by atoms with Crippen LogP contribution in [0, 0.1) is 11.3 Å². The van der Waals surface area contributed by atoms with Gasteiger partial charge in [0.15, 0.2) is 14.1 Å². The lowest BCUT2D eigenvalue weighted by Crippen LogP contribution is -2.41. The molecule has 0 aliphatic rings. The number of ether oxygens (including phenoxy) is 2. The third-order valence-corrected chi connectivity index (χ3v) is 10.3. The first-order valence-corrected chi connectivity index (χ1v) is 14.4. The van der Waals surface area contributed by atoms with E-state index in [-0.39, 0.29) is 23.0 Å². The molecule has 1 aromatic carbocycles. The van der Waals surface area contributed by atoms with Gasteiger partial charge >= 0.3 is 6.09 Å². The van der Waals surface area contributed by atoms with Gasteiger partial charge in [-0.1, -0.05) is 32.4 Å². The lowest BCUT2D eigenvalue weighted by Gasteiger charge is -2.36. The van der Waals surface area contributed by atoms with Gasteiger partial charge in [0, 0.05) is 17.3 Å². The molecule has 0 saturated heterocycles. The zero-order valence-electron chi connectivity index (χ0n) is 21.2. The first-order valence-electron chi connectivity index (χ1n) is 11.1. The van der Waals surface area contributed by atoms with Crippen molar-refractivity contribution in [2.45, 2.75) is 65.3 Å². The van der Waals surface area contributed by atoms with Crippen molar-refractivity contribution < 1.29 is 18.7 Å². The predicted molar refractivity (Wildman–Crippen MR) is 137 cm³/mol. The molecule has 0 fully saturated rings. The van der Waals surface area contributed by atoms with Crippen LogP contribution in [0.2, 0.25) is 23.2 Å². The molecule has 0 aliphatic carbocycles. The van der Waals surface area contributed by atoms with Crippen LogP contribution in [0.1, 0.15) is 47.1 Å². The molecule has 0 saturated carbocycles. The Bertz CT molecular complexity index is 1040. The number of pyridine rings is 1. The van der Waals surface area contributed by atoms with Gasteiger partial charge in [0.2, 0.25) is 0 Å². The summed E-state index contributed by atoms with van der Waals surface area (Å²) in [6, 6.07) is 10.4. The average molecular weight is 504 g/mol. The molecule has 0 aliphatic heterocycles. The van der Waals surface area contributed by atoms with Crippen molar-refractivity contribution in [1.82, 2.24) is 4.98 Å². The summed E-state index contributed by atoms with van der Waals surface area (Å²) in [4.78, 5) is 18.7. The van der Waals surface area contributed by atoms with Crippen molar-refractivity contribution in [3.05, 3.63) is 47.1 Å². The summed E-state index contributed by atoms with van der Waals surface area (Å²) in [7, 11) is -1.92. The fourth-order valence-electron chi connectivity index (χ4n) is 2.71. The number of aromatic nitrogens is 1. The minimum Gasteiger partial charge on any atom is -0.490 e. The minimum absolute atomic E-state index is 0.0845. The van der Waals surface area contributed by atoms with E-state index >= 15 is 0 Å². The van der Waals surface area contributed by atoms with Gasteiger partial charge in [0.1, 0.15) is 29.6 Å². The van der Waals surface area contributed by atoms with Crippen LogP contribution in [-0.4, -0.2) is 38.2 Å². The molecule has 9 heteroatoms. The van der Waals surface area contributed by atoms with Crippen molar-refractivity contribution in [3.8, 4) is 11.8 Å². The highest BCUT2D eigenvalue weighted by atomic mass is 35.5. The quantitative estimate of drug-likeness (QED) is 0.296. The first kappa shape index (κ1) is 27.6. The number of anilines is 2. The largest absolute Gasteiger partial charge is 0.490 e. The monoisotopic (exact) mass is 503 g/mol. The van der Waals surface area contributed by atoms with E-state index in [9.17, 15) is 10.1 Å². The standard InChI is InChI=1S/C25H34ClN3O4Si/c1-24(2,3)33-23(30)29(19-11-9-18(26)10-12-19)22-20(17-27)21(13-14-28-22)31-15-16-32-34(7,8)25(4,5)6/h9-14H,15-16H2,1-8H3. The Morgan fingerprint density at radius 1 is 1.09 bits per heavy atom. The Morgan fingerprint density at radius 2 is 1.71 bits per heavy atom. The van der Waals surface area contributed by atoms with E-state index in [0.29, 0.717) is 23.1 Å². The van der Waals surface area contributed by atoms with E-state index < -0.39 is 20.0 Å². The van der Waals surface area contributed by atoms with Crippen LogP contribution in [0.25, 0.3) is 0 Å². The maximum absolute atomic E-state index is 13.2. The summed E-state index contributed by atoms with van der Waals surface area (Å²) in [6.45, 7) is 16.8. The molecular formula is C25H34ClN3O4Si. The van der Waals surface area contributed by atoms with Crippen LogP contribution in [0.15, 0.2) is 36.5 Å². The maximum Gasteiger partial charge on any atom is 0.420 e. The Kier molecular flexibility index (Phi) is 8.75. The first-order chi connectivity index (χ1) is 15.7. The van der Waals surface area contributed by atoms with E-state index in [1.807, 2.05) is 0 Å². The molecule has 0 N–H and O–H groups in total. The Labute approximate surface area is 208 Å². The van der Waals surface area contributed by atoms with Gasteiger partial charge in [-0.15, -0.1) is 0 Å². The van der Waals surface area contributed by atoms with E-state index in [4.69, 9.17) is 25.5 Å². The van der Waals surface area contributed by atoms with Gasteiger partial charge in [-0.3, -0.25) is 0 Å². The van der Waals surface area contributed by atoms with Crippen molar-refractivity contribution in [2.24, 2.45) is 0 Å². The summed E-state index contributed by atoms with van der Waals surface area (Å²) < 4.78 is 17.7.